The van der Waals surface area contributed by atoms with Crippen LogP contribution in [0.3, 0.4) is 0 Å². The second-order valence-corrected chi connectivity index (χ2v) is 9.79. The Balaban J connectivity index is 1.41. The molecule has 0 amide bonds. The number of pyridine rings is 1. The van der Waals surface area contributed by atoms with Gasteiger partial charge in [0, 0.05) is 48.9 Å². The van der Waals surface area contributed by atoms with Crippen molar-refractivity contribution in [3.63, 3.8) is 0 Å². The van der Waals surface area contributed by atoms with Crippen molar-refractivity contribution in [2.75, 3.05) is 45.3 Å². The highest BCUT2D eigenvalue weighted by Crippen LogP contribution is 2.34. The van der Waals surface area contributed by atoms with Crippen molar-refractivity contribution in [1.29, 1.82) is 0 Å². The second kappa shape index (κ2) is 11.2. The Morgan fingerprint density at radius 2 is 1.55 bits per heavy atom. The Bertz CT molecular complexity index is 1650. The van der Waals surface area contributed by atoms with E-state index in [1.807, 2.05) is 48.5 Å². The van der Waals surface area contributed by atoms with E-state index < -0.39 is 6.04 Å². The van der Waals surface area contributed by atoms with Gasteiger partial charge in [0.05, 0.1) is 26.3 Å². The van der Waals surface area contributed by atoms with Gasteiger partial charge in [0.2, 0.25) is 0 Å². The van der Waals surface area contributed by atoms with E-state index in [0.29, 0.717) is 34.9 Å². The molecule has 1 saturated heterocycles. The van der Waals surface area contributed by atoms with Gasteiger partial charge >= 0.3 is 0 Å². The molecule has 1 atom stereocenters. The standard InChI is InChI=1S/C30H31N7O3/c1-39-26-18-22-17-24(30(38)31-25(22)19-27(26)40-2)28(29-32-33-34-37(29)20-21-9-5-3-6-10-21)36-15-13-35(14-16-36)23-11-7-4-8-12-23/h3-12,17-19,28H,13-16,20H2,1-2H3,(H,31,38)/t28-/m1/s1. The number of para-hydroxylation sites is 1. The van der Waals surface area contributed by atoms with E-state index in [1.54, 1.807) is 25.0 Å². The number of aromatic nitrogens is 5. The van der Waals surface area contributed by atoms with Gasteiger partial charge in [0.1, 0.15) is 6.04 Å². The lowest BCUT2D eigenvalue weighted by Gasteiger charge is -2.39. The van der Waals surface area contributed by atoms with Crippen LogP contribution in [-0.2, 0) is 6.54 Å². The van der Waals surface area contributed by atoms with Crippen LogP contribution in [0.1, 0.15) is 23.0 Å². The quantitative estimate of drug-likeness (QED) is 0.321. The summed E-state index contributed by atoms with van der Waals surface area (Å²) < 4.78 is 12.8. The maximum atomic E-state index is 13.7. The van der Waals surface area contributed by atoms with Crippen LogP contribution < -0.4 is 19.9 Å². The summed E-state index contributed by atoms with van der Waals surface area (Å²) in [7, 11) is 3.18. The topological polar surface area (TPSA) is 101 Å². The molecule has 40 heavy (non-hydrogen) atoms. The van der Waals surface area contributed by atoms with Gasteiger partial charge in [0.15, 0.2) is 17.3 Å². The predicted octanol–water partition coefficient (Wildman–Crippen LogP) is 3.49. The summed E-state index contributed by atoms with van der Waals surface area (Å²) in [6, 6.07) is 25.6. The Labute approximate surface area is 231 Å². The molecular formula is C30H31N7O3. The van der Waals surface area contributed by atoms with Gasteiger partial charge in [0.25, 0.3) is 5.56 Å². The van der Waals surface area contributed by atoms with Gasteiger partial charge in [-0.2, -0.15) is 0 Å². The van der Waals surface area contributed by atoms with Crippen LogP contribution in [0.15, 0.2) is 83.7 Å². The van der Waals surface area contributed by atoms with Crippen LogP contribution in [0.25, 0.3) is 10.9 Å². The van der Waals surface area contributed by atoms with E-state index in [4.69, 9.17) is 9.47 Å². The number of anilines is 1. The molecule has 2 aromatic heterocycles. The molecule has 1 aliphatic heterocycles. The van der Waals surface area contributed by atoms with Crippen molar-refractivity contribution < 1.29 is 9.47 Å². The summed E-state index contributed by atoms with van der Waals surface area (Å²) in [6.45, 7) is 3.61. The fraction of sp³-hybridized carbons (Fsp3) is 0.267. The number of hydrogen-bond acceptors (Lipinski definition) is 8. The molecule has 3 aromatic carbocycles. The van der Waals surface area contributed by atoms with Crippen LogP contribution in [0.4, 0.5) is 5.69 Å². The van der Waals surface area contributed by atoms with Crippen LogP contribution in [-0.4, -0.2) is 70.5 Å². The van der Waals surface area contributed by atoms with Crippen molar-refractivity contribution >= 4 is 16.6 Å². The minimum atomic E-state index is -0.446. The molecule has 0 aliphatic carbocycles. The van der Waals surface area contributed by atoms with Gasteiger partial charge in [-0.3, -0.25) is 9.69 Å². The molecule has 1 aliphatic rings. The number of H-pyrrole nitrogens is 1. The van der Waals surface area contributed by atoms with Gasteiger partial charge in [-0.15, -0.1) is 5.10 Å². The highest BCUT2D eigenvalue weighted by molar-refractivity contribution is 5.83. The zero-order chi connectivity index (χ0) is 27.5. The monoisotopic (exact) mass is 537 g/mol. The molecular weight excluding hydrogens is 506 g/mol. The van der Waals surface area contributed by atoms with E-state index in [0.717, 1.165) is 37.1 Å². The summed E-state index contributed by atoms with van der Waals surface area (Å²) in [4.78, 5) is 21.4. The van der Waals surface area contributed by atoms with E-state index >= 15 is 0 Å². The first kappa shape index (κ1) is 25.6. The van der Waals surface area contributed by atoms with E-state index in [2.05, 4.69) is 54.6 Å². The van der Waals surface area contributed by atoms with E-state index in [9.17, 15) is 4.79 Å². The van der Waals surface area contributed by atoms with Gasteiger partial charge in [-0.1, -0.05) is 48.5 Å². The Hall–Kier alpha value is -4.70. The fourth-order valence-electron chi connectivity index (χ4n) is 5.41. The minimum absolute atomic E-state index is 0.190. The zero-order valence-electron chi connectivity index (χ0n) is 22.5. The third-order valence-corrected chi connectivity index (χ3v) is 7.45. The number of hydrogen-bond donors (Lipinski definition) is 1. The van der Waals surface area contributed by atoms with Crippen LogP contribution >= 0.6 is 0 Å². The Morgan fingerprint density at radius 1 is 0.875 bits per heavy atom. The molecule has 204 valence electrons. The Kier molecular flexibility index (Phi) is 7.15. The fourth-order valence-corrected chi connectivity index (χ4v) is 5.41. The lowest BCUT2D eigenvalue weighted by molar-refractivity contribution is 0.200. The normalized spacial score (nSPS) is 14.8. The van der Waals surface area contributed by atoms with E-state index in [1.165, 1.54) is 5.69 Å². The number of ether oxygens (including phenoxy) is 2. The maximum Gasteiger partial charge on any atom is 0.253 e. The first-order valence-corrected chi connectivity index (χ1v) is 13.3. The average Bonchev–Trinajstić information content (AvgIpc) is 3.45. The maximum absolute atomic E-state index is 13.7. The number of fused-ring (bicyclic) bond motifs is 1. The SMILES string of the molecule is COc1cc2cc([C@H](c3nnnn3Cc3ccccc3)N3CCN(c4ccccc4)CC3)c(=O)[nH]c2cc1OC. The minimum Gasteiger partial charge on any atom is -0.493 e. The summed E-state index contributed by atoms with van der Waals surface area (Å²) >= 11 is 0. The predicted molar refractivity (Wildman–Crippen MR) is 153 cm³/mol. The molecule has 1 N–H and O–H groups in total. The summed E-state index contributed by atoms with van der Waals surface area (Å²) in [6.07, 6.45) is 0. The molecule has 1 fully saturated rings. The van der Waals surface area contributed by atoms with Gasteiger partial charge < -0.3 is 19.4 Å². The number of piperazine rings is 1. The third-order valence-electron chi connectivity index (χ3n) is 7.45. The van der Waals surface area contributed by atoms with Crippen LogP contribution in [0.2, 0.25) is 0 Å². The van der Waals surface area contributed by atoms with Crippen molar-refractivity contribution in [3.05, 3.63) is 106 Å². The number of tetrazole rings is 1. The average molecular weight is 538 g/mol. The molecule has 0 saturated carbocycles. The molecule has 10 nitrogen and oxygen atoms in total. The van der Waals surface area contributed by atoms with Crippen LogP contribution in [0.5, 0.6) is 11.5 Å². The van der Waals surface area contributed by atoms with Crippen LogP contribution in [0, 0.1) is 0 Å². The largest absolute Gasteiger partial charge is 0.493 e. The molecule has 0 unspecified atom stereocenters. The molecule has 3 heterocycles. The summed E-state index contributed by atoms with van der Waals surface area (Å²) in [5.74, 6) is 1.77. The molecule has 6 rings (SSSR count). The molecule has 5 aromatic rings. The number of nitrogens with one attached hydrogen (secondary N) is 1. The van der Waals surface area contributed by atoms with Gasteiger partial charge in [-0.05, 0) is 40.3 Å². The summed E-state index contributed by atoms with van der Waals surface area (Å²) in [5, 5.41) is 13.7. The Morgan fingerprint density at radius 3 is 2.25 bits per heavy atom. The molecule has 10 heteroatoms. The number of nitrogens with zero attached hydrogens (tertiary/aromatic N) is 6. The lowest BCUT2D eigenvalue weighted by atomic mass is 10.0. The van der Waals surface area contributed by atoms with Crippen molar-refractivity contribution in [1.82, 2.24) is 30.1 Å². The van der Waals surface area contributed by atoms with E-state index in [-0.39, 0.29) is 5.56 Å². The second-order valence-electron chi connectivity index (χ2n) is 9.79. The van der Waals surface area contributed by atoms with Crippen molar-refractivity contribution in [3.8, 4) is 11.5 Å². The highest BCUT2D eigenvalue weighted by Gasteiger charge is 2.33. The summed E-state index contributed by atoms with van der Waals surface area (Å²) in [5.41, 5.74) is 3.33. The number of methoxy groups -OCH3 is 2. The first-order chi connectivity index (χ1) is 19.6. The molecule has 0 spiro atoms. The smallest absolute Gasteiger partial charge is 0.253 e. The zero-order valence-corrected chi connectivity index (χ0v) is 22.5. The lowest BCUT2D eigenvalue weighted by Crippen LogP contribution is -2.49. The number of benzene rings is 3. The van der Waals surface area contributed by atoms with Crippen molar-refractivity contribution in [2.24, 2.45) is 0 Å². The highest BCUT2D eigenvalue weighted by atomic mass is 16.5. The number of aromatic amines is 1. The third kappa shape index (κ3) is 5.01. The number of rotatable bonds is 8. The molecule has 0 bridgehead atoms. The first-order valence-electron chi connectivity index (χ1n) is 13.3. The van der Waals surface area contributed by atoms with Gasteiger partial charge in [-0.25, -0.2) is 4.68 Å². The van der Waals surface area contributed by atoms with Crippen molar-refractivity contribution in [2.45, 2.75) is 12.6 Å². The molecule has 0 radical (unpaired) electrons.